The molecule has 7 heteroatoms. The van der Waals surface area contributed by atoms with Gasteiger partial charge in [0.1, 0.15) is 5.82 Å². The molecule has 2 amide bonds. The number of carbonyl (C=O) groups is 1. The molecule has 2 aromatic carbocycles. The van der Waals surface area contributed by atoms with Crippen molar-refractivity contribution in [3.05, 3.63) is 87.6 Å². The molecule has 0 saturated carbocycles. The highest BCUT2D eigenvalue weighted by atomic mass is 19.1. The van der Waals surface area contributed by atoms with Crippen molar-refractivity contribution < 1.29 is 9.18 Å². The highest BCUT2D eigenvalue weighted by Crippen LogP contribution is 2.16. The molecule has 1 aliphatic heterocycles. The van der Waals surface area contributed by atoms with Gasteiger partial charge in [-0.05, 0) is 29.8 Å². The van der Waals surface area contributed by atoms with Gasteiger partial charge in [-0.2, -0.15) is 0 Å². The quantitative estimate of drug-likeness (QED) is 0.748. The molecule has 0 saturated heterocycles. The van der Waals surface area contributed by atoms with E-state index in [4.69, 9.17) is 0 Å². The Morgan fingerprint density at radius 1 is 1.11 bits per heavy atom. The van der Waals surface area contributed by atoms with Gasteiger partial charge in [0, 0.05) is 25.2 Å². The molecule has 2 N–H and O–H groups in total. The lowest BCUT2D eigenvalue weighted by molar-refractivity contribution is 0.191. The van der Waals surface area contributed by atoms with Gasteiger partial charge in [-0.3, -0.25) is 9.89 Å². The minimum atomic E-state index is -0.309. The van der Waals surface area contributed by atoms with Crippen LogP contribution >= 0.6 is 0 Å². The Balaban J connectivity index is 1.46. The Morgan fingerprint density at radius 3 is 2.59 bits per heavy atom. The number of para-hydroxylation sites is 1. The maximum Gasteiger partial charge on any atom is 0.317 e. The number of halogens is 1. The van der Waals surface area contributed by atoms with E-state index >= 15 is 0 Å². The number of carbonyl (C=O) groups excluding carboxylic acids is 1. The Hall–Kier alpha value is -3.35. The smallest absolute Gasteiger partial charge is 0.317 e. The predicted octanol–water partition coefficient (Wildman–Crippen LogP) is 2.57. The SMILES string of the molecule is O=C(NCc1ccc(F)cc1)N1CCc2[nH]n(-c3ccccc3)c(=O)c2C1. The fourth-order valence-corrected chi connectivity index (χ4v) is 3.23. The molecule has 0 unspecified atom stereocenters. The first-order valence-corrected chi connectivity index (χ1v) is 8.77. The van der Waals surface area contributed by atoms with Gasteiger partial charge in [-0.25, -0.2) is 13.9 Å². The summed E-state index contributed by atoms with van der Waals surface area (Å²) in [7, 11) is 0. The third kappa shape index (κ3) is 3.48. The van der Waals surface area contributed by atoms with Crippen LogP contribution in [0.15, 0.2) is 59.4 Å². The number of nitrogens with zero attached hydrogens (tertiary/aromatic N) is 2. The molecule has 0 spiro atoms. The zero-order valence-electron chi connectivity index (χ0n) is 14.6. The summed E-state index contributed by atoms with van der Waals surface area (Å²) in [5.41, 5.74) is 2.93. The van der Waals surface area contributed by atoms with Gasteiger partial charge in [-0.15, -0.1) is 0 Å². The van der Waals surface area contributed by atoms with Gasteiger partial charge >= 0.3 is 6.03 Å². The van der Waals surface area contributed by atoms with Crippen molar-refractivity contribution in [2.75, 3.05) is 6.54 Å². The van der Waals surface area contributed by atoms with E-state index in [-0.39, 0.29) is 24.0 Å². The molecule has 138 valence electrons. The maximum atomic E-state index is 12.9. The summed E-state index contributed by atoms with van der Waals surface area (Å²) in [5.74, 6) is -0.309. The molecular formula is C20H19FN4O2. The number of hydrogen-bond acceptors (Lipinski definition) is 2. The second kappa shape index (κ2) is 7.11. The van der Waals surface area contributed by atoms with Gasteiger partial charge in [0.05, 0.1) is 17.8 Å². The Bertz CT molecular complexity index is 1010. The van der Waals surface area contributed by atoms with Crippen LogP contribution in [0.4, 0.5) is 9.18 Å². The summed E-state index contributed by atoms with van der Waals surface area (Å²) in [6, 6.07) is 15.1. The van der Waals surface area contributed by atoms with E-state index in [1.54, 1.807) is 17.0 Å². The number of fused-ring (bicyclic) bond motifs is 1. The second-order valence-electron chi connectivity index (χ2n) is 6.50. The molecule has 27 heavy (non-hydrogen) atoms. The number of amides is 2. The molecule has 1 aromatic heterocycles. The van der Waals surface area contributed by atoms with Crippen molar-refractivity contribution in [3.63, 3.8) is 0 Å². The molecule has 6 nitrogen and oxygen atoms in total. The molecule has 4 rings (SSSR count). The standard InChI is InChI=1S/C20H19FN4O2/c21-15-8-6-14(7-9-15)12-22-20(27)24-11-10-18-17(13-24)19(26)25(23-18)16-4-2-1-3-5-16/h1-9,23H,10-13H2,(H,22,27). The molecule has 3 aromatic rings. The largest absolute Gasteiger partial charge is 0.334 e. The molecule has 0 aliphatic carbocycles. The Labute approximate surface area is 155 Å². The van der Waals surface area contributed by atoms with Gasteiger partial charge in [0.15, 0.2) is 0 Å². The van der Waals surface area contributed by atoms with Crippen LogP contribution in [0.1, 0.15) is 16.8 Å². The van der Waals surface area contributed by atoms with Gasteiger partial charge < -0.3 is 10.2 Å². The van der Waals surface area contributed by atoms with E-state index in [0.29, 0.717) is 25.1 Å². The average Bonchev–Trinajstić information content (AvgIpc) is 3.04. The zero-order chi connectivity index (χ0) is 18.8. The van der Waals surface area contributed by atoms with Crippen LogP contribution in [0.3, 0.4) is 0 Å². The lowest BCUT2D eigenvalue weighted by atomic mass is 10.1. The van der Waals surface area contributed by atoms with Crippen LogP contribution in [0.2, 0.25) is 0 Å². The second-order valence-corrected chi connectivity index (χ2v) is 6.50. The van der Waals surface area contributed by atoms with E-state index in [2.05, 4.69) is 10.4 Å². The minimum Gasteiger partial charge on any atom is -0.334 e. The van der Waals surface area contributed by atoms with Crippen LogP contribution in [0, 0.1) is 5.82 Å². The summed E-state index contributed by atoms with van der Waals surface area (Å²) in [6.45, 7) is 1.10. The lowest BCUT2D eigenvalue weighted by Crippen LogP contribution is -2.43. The Kier molecular flexibility index (Phi) is 4.50. The molecule has 1 aliphatic rings. The summed E-state index contributed by atoms with van der Waals surface area (Å²) in [4.78, 5) is 26.8. The number of hydrogen-bond donors (Lipinski definition) is 2. The van der Waals surface area contributed by atoms with Crippen molar-refractivity contribution in [2.45, 2.75) is 19.5 Å². The monoisotopic (exact) mass is 366 g/mol. The molecule has 0 fully saturated rings. The first-order chi connectivity index (χ1) is 13.1. The molecular weight excluding hydrogens is 347 g/mol. The summed E-state index contributed by atoms with van der Waals surface area (Å²) < 4.78 is 14.5. The van der Waals surface area contributed by atoms with Gasteiger partial charge in [0.25, 0.3) is 5.56 Å². The topological polar surface area (TPSA) is 70.1 Å². The third-order valence-electron chi connectivity index (χ3n) is 4.71. The average molecular weight is 366 g/mol. The van der Waals surface area contributed by atoms with E-state index in [1.165, 1.54) is 16.8 Å². The molecule has 0 atom stereocenters. The maximum absolute atomic E-state index is 12.9. The fourth-order valence-electron chi connectivity index (χ4n) is 3.23. The Morgan fingerprint density at radius 2 is 1.85 bits per heavy atom. The van der Waals surface area contributed by atoms with Gasteiger partial charge in [-0.1, -0.05) is 30.3 Å². The van der Waals surface area contributed by atoms with Crippen molar-refractivity contribution in [1.29, 1.82) is 0 Å². The summed E-state index contributed by atoms with van der Waals surface area (Å²) >= 11 is 0. The normalized spacial score (nSPS) is 13.3. The van der Waals surface area contributed by atoms with Crippen LogP contribution in [-0.4, -0.2) is 27.3 Å². The number of rotatable bonds is 3. The van der Waals surface area contributed by atoms with Crippen LogP contribution in [-0.2, 0) is 19.5 Å². The first kappa shape index (κ1) is 17.1. The van der Waals surface area contributed by atoms with E-state index in [0.717, 1.165) is 16.9 Å². The fraction of sp³-hybridized carbons (Fsp3) is 0.200. The van der Waals surface area contributed by atoms with Crippen molar-refractivity contribution in [1.82, 2.24) is 20.0 Å². The highest BCUT2D eigenvalue weighted by molar-refractivity contribution is 5.74. The highest BCUT2D eigenvalue weighted by Gasteiger charge is 2.25. The van der Waals surface area contributed by atoms with E-state index < -0.39 is 0 Å². The van der Waals surface area contributed by atoms with E-state index in [1.807, 2.05) is 30.3 Å². The van der Waals surface area contributed by atoms with Crippen LogP contribution in [0.5, 0.6) is 0 Å². The van der Waals surface area contributed by atoms with Crippen molar-refractivity contribution >= 4 is 6.03 Å². The predicted molar refractivity (Wildman–Crippen MR) is 99.1 cm³/mol. The number of H-pyrrole nitrogens is 1. The third-order valence-corrected chi connectivity index (χ3v) is 4.71. The summed E-state index contributed by atoms with van der Waals surface area (Å²) in [6.07, 6.45) is 0.592. The molecule has 2 heterocycles. The summed E-state index contributed by atoms with van der Waals surface area (Å²) in [5, 5.41) is 5.97. The number of nitrogens with one attached hydrogen (secondary N) is 2. The van der Waals surface area contributed by atoms with Gasteiger partial charge in [0.2, 0.25) is 0 Å². The number of urea groups is 1. The molecule has 0 bridgehead atoms. The van der Waals surface area contributed by atoms with Crippen molar-refractivity contribution in [3.8, 4) is 5.69 Å². The minimum absolute atomic E-state index is 0.132. The number of aromatic nitrogens is 2. The zero-order valence-corrected chi connectivity index (χ0v) is 14.6. The van der Waals surface area contributed by atoms with Crippen molar-refractivity contribution in [2.24, 2.45) is 0 Å². The number of benzene rings is 2. The lowest BCUT2D eigenvalue weighted by Gasteiger charge is -2.26. The van der Waals surface area contributed by atoms with Crippen LogP contribution < -0.4 is 10.9 Å². The molecule has 0 radical (unpaired) electrons. The van der Waals surface area contributed by atoms with Crippen LogP contribution in [0.25, 0.3) is 5.69 Å². The number of aromatic amines is 1. The first-order valence-electron chi connectivity index (χ1n) is 8.77. The van der Waals surface area contributed by atoms with E-state index in [9.17, 15) is 14.0 Å².